The van der Waals surface area contributed by atoms with Gasteiger partial charge in [-0.3, -0.25) is 0 Å². The van der Waals surface area contributed by atoms with Gasteiger partial charge in [-0.2, -0.15) is 0 Å². The highest BCUT2D eigenvalue weighted by Gasteiger charge is 2.22. The van der Waals surface area contributed by atoms with Crippen molar-refractivity contribution < 1.29 is 28.4 Å². The molecule has 1 atom stereocenters. The maximum Gasteiger partial charge on any atom is 0.269 e. The summed E-state index contributed by atoms with van der Waals surface area (Å²) in [5.74, 6) is -0.578. The first kappa shape index (κ1) is 14.3. The summed E-state index contributed by atoms with van der Waals surface area (Å²) < 4.78 is 37.8. The summed E-state index contributed by atoms with van der Waals surface area (Å²) in [5.41, 5.74) is 0.0867. The topological polar surface area (TPSA) is 62.6 Å². The van der Waals surface area contributed by atoms with E-state index in [9.17, 15) is 18.3 Å². The third kappa shape index (κ3) is 2.89. The molecule has 0 saturated carbocycles. The first-order chi connectivity index (χ1) is 9.52. The Balaban J connectivity index is 2.49. The van der Waals surface area contributed by atoms with E-state index in [4.69, 9.17) is 5.26 Å². The van der Waals surface area contributed by atoms with E-state index in [0.717, 1.165) is 18.2 Å². The monoisotopic (exact) mass is 285 g/mol. The van der Waals surface area contributed by atoms with Crippen molar-refractivity contribution in [2.45, 2.75) is 12.5 Å². The molecule has 0 saturated heterocycles. The highest BCUT2D eigenvalue weighted by atomic mass is 19.3. The van der Waals surface area contributed by atoms with Crippen molar-refractivity contribution in [1.29, 1.82) is 0 Å². The normalized spacial score (nSPS) is 12.5. The standard InChI is InChI=1S/C13H10F3NO3/c14-8-3-1-7(2-4-8)11-10(20-19)6-5-9(17-11)12(18)13(15)16/h1-6,12-13,18-19H. The van der Waals surface area contributed by atoms with Crippen LogP contribution in [0.15, 0.2) is 36.4 Å². The second kappa shape index (κ2) is 5.89. The summed E-state index contributed by atoms with van der Waals surface area (Å²) in [7, 11) is 0. The third-order valence-electron chi connectivity index (χ3n) is 2.64. The third-order valence-corrected chi connectivity index (χ3v) is 2.64. The lowest BCUT2D eigenvalue weighted by Gasteiger charge is -2.12. The van der Waals surface area contributed by atoms with Crippen LogP contribution >= 0.6 is 0 Å². The first-order valence-corrected chi connectivity index (χ1v) is 5.57. The van der Waals surface area contributed by atoms with Gasteiger partial charge < -0.3 is 9.99 Å². The number of aliphatic hydroxyl groups excluding tert-OH is 1. The summed E-state index contributed by atoms with van der Waals surface area (Å²) in [6.07, 6.45) is -5.05. The zero-order valence-electron chi connectivity index (χ0n) is 10.0. The Morgan fingerprint density at radius 3 is 2.25 bits per heavy atom. The Morgan fingerprint density at radius 1 is 1.05 bits per heavy atom. The van der Waals surface area contributed by atoms with Crippen LogP contribution in [0.2, 0.25) is 0 Å². The van der Waals surface area contributed by atoms with Gasteiger partial charge in [0.2, 0.25) is 0 Å². The van der Waals surface area contributed by atoms with Gasteiger partial charge >= 0.3 is 0 Å². The predicted octanol–water partition coefficient (Wildman–Crippen LogP) is 3.04. The molecule has 1 heterocycles. The van der Waals surface area contributed by atoms with Crippen LogP contribution in [-0.2, 0) is 0 Å². The molecule has 0 bridgehead atoms. The fourth-order valence-corrected chi connectivity index (χ4v) is 1.64. The number of benzene rings is 1. The zero-order chi connectivity index (χ0) is 14.7. The molecule has 0 radical (unpaired) electrons. The van der Waals surface area contributed by atoms with Gasteiger partial charge in [-0.15, -0.1) is 0 Å². The Labute approximate surface area is 112 Å². The van der Waals surface area contributed by atoms with E-state index in [-0.39, 0.29) is 17.1 Å². The lowest BCUT2D eigenvalue weighted by atomic mass is 10.1. The number of rotatable bonds is 4. The SMILES string of the molecule is OOc1ccc(C(O)C(F)F)nc1-c1ccc(F)cc1. The van der Waals surface area contributed by atoms with Crippen LogP contribution in [0.5, 0.6) is 5.75 Å². The van der Waals surface area contributed by atoms with Crippen LogP contribution in [0.25, 0.3) is 11.3 Å². The molecule has 7 heteroatoms. The minimum Gasteiger partial charge on any atom is -0.381 e. The Bertz CT molecular complexity index is 590. The fourth-order valence-electron chi connectivity index (χ4n) is 1.64. The second-order valence-corrected chi connectivity index (χ2v) is 3.96. The van der Waals surface area contributed by atoms with Gasteiger partial charge in [0.25, 0.3) is 6.43 Å². The number of alkyl halides is 2. The van der Waals surface area contributed by atoms with E-state index < -0.39 is 18.3 Å². The van der Waals surface area contributed by atoms with Crippen molar-refractivity contribution in [3.8, 4) is 17.0 Å². The van der Waals surface area contributed by atoms with Crippen molar-refractivity contribution in [3.63, 3.8) is 0 Å². The van der Waals surface area contributed by atoms with Crippen molar-refractivity contribution in [2.24, 2.45) is 0 Å². The van der Waals surface area contributed by atoms with Crippen molar-refractivity contribution in [2.75, 3.05) is 0 Å². The van der Waals surface area contributed by atoms with Crippen LogP contribution in [-0.4, -0.2) is 21.8 Å². The minimum atomic E-state index is -3.00. The molecule has 0 fully saturated rings. The fraction of sp³-hybridized carbons (Fsp3) is 0.154. The quantitative estimate of drug-likeness (QED) is 0.669. The molecule has 106 valence electrons. The number of nitrogens with zero attached hydrogens (tertiary/aromatic N) is 1. The number of aliphatic hydroxyl groups is 1. The smallest absolute Gasteiger partial charge is 0.269 e. The molecule has 0 aliphatic carbocycles. The maximum absolute atomic E-state index is 12.9. The van der Waals surface area contributed by atoms with Gasteiger partial charge in [0.1, 0.15) is 11.5 Å². The molecule has 0 aliphatic rings. The first-order valence-electron chi connectivity index (χ1n) is 5.57. The van der Waals surface area contributed by atoms with E-state index in [0.29, 0.717) is 5.56 Å². The Kier molecular flexibility index (Phi) is 4.21. The zero-order valence-corrected chi connectivity index (χ0v) is 10.0. The highest BCUT2D eigenvalue weighted by molar-refractivity contribution is 5.66. The summed E-state index contributed by atoms with van der Waals surface area (Å²) in [6, 6.07) is 7.28. The lowest BCUT2D eigenvalue weighted by Crippen LogP contribution is -2.10. The van der Waals surface area contributed by atoms with Crippen LogP contribution in [0.4, 0.5) is 13.2 Å². The molecular formula is C13H10F3NO3. The molecule has 20 heavy (non-hydrogen) atoms. The molecule has 1 aromatic carbocycles. The van der Waals surface area contributed by atoms with Gasteiger partial charge in [0.05, 0.1) is 5.69 Å². The Morgan fingerprint density at radius 2 is 1.70 bits per heavy atom. The molecule has 4 nitrogen and oxygen atoms in total. The van der Waals surface area contributed by atoms with Gasteiger partial charge in [-0.1, -0.05) is 0 Å². The molecule has 1 unspecified atom stereocenters. The van der Waals surface area contributed by atoms with E-state index in [1.807, 2.05) is 0 Å². The molecule has 2 aromatic rings. The predicted molar refractivity (Wildman–Crippen MR) is 63.9 cm³/mol. The van der Waals surface area contributed by atoms with Gasteiger partial charge in [-0.25, -0.2) is 23.4 Å². The van der Waals surface area contributed by atoms with E-state index in [2.05, 4.69) is 9.87 Å². The Hall–Kier alpha value is -2.12. The average Bonchev–Trinajstić information content (AvgIpc) is 2.46. The van der Waals surface area contributed by atoms with Crippen molar-refractivity contribution >= 4 is 0 Å². The number of pyridine rings is 1. The van der Waals surface area contributed by atoms with Crippen LogP contribution in [0.1, 0.15) is 11.8 Å². The van der Waals surface area contributed by atoms with Gasteiger partial charge in [0.15, 0.2) is 11.9 Å². The number of hydrogen-bond donors (Lipinski definition) is 2. The van der Waals surface area contributed by atoms with Gasteiger partial charge in [-0.05, 0) is 36.4 Å². The second-order valence-electron chi connectivity index (χ2n) is 3.96. The maximum atomic E-state index is 12.9. The number of aromatic nitrogens is 1. The van der Waals surface area contributed by atoms with Gasteiger partial charge in [0, 0.05) is 5.56 Å². The molecular weight excluding hydrogens is 275 g/mol. The summed E-state index contributed by atoms with van der Waals surface area (Å²) in [4.78, 5) is 7.93. The van der Waals surface area contributed by atoms with Crippen LogP contribution in [0.3, 0.4) is 0 Å². The summed E-state index contributed by atoms with van der Waals surface area (Å²) in [6.45, 7) is 0. The molecule has 0 spiro atoms. The molecule has 2 N–H and O–H groups in total. The average molecular weight is 285 g/mol. The minimum absolute atomic E-state index is 0.0182. The molecule has 0 amide bonds. The van der Waals surface area contributed by atoms with Crippen molar-refractivity contribution in [1.82, 2.24) is 4.98 Å². The number of hydrogen-bond acceptors (Lipinski definition) is 4. The van der Waals surface area contributed by atoms with E-state index in [1.165, 1.54) is 18.2 Å². The highest BCUT2D eigenvalue weighted by Crippen LogP contribution is 2.30. The van der Waals surface area contributed by atoms with E-state index in [1.54, 1.807) is 0 Å². The number of halogens is 3. The lowest BCUT2D eigenvalue weighted by molar-refractivity contribution is -0.137. The van der Waals surface area contributed by atoms with Crippen LogP contribution in [0, 0.1) is 5.82 Å². The molecule has 0 aliphatic heterocycles. The summed E-state index contributed by atoms with van der Waals surface area (Å²) in [5, 5.41) is 18.0. The van der Waals surface area contributed by atoms with E-state index >= 15 is 0 Å². The molecule has 2 rings (SSSR count). The van der Waals surface area contributed by atoms with Crippen LogP contribution < -0.4 is 4.89 Å². The molecule has 1 aromatic heterocycles. The largest absolute Gasteiger partial charge is 0.381 e. The van der Waals surface area contributed by atoms with Crippen molar-refractivity contribution in [3.05, 3.63) is 47.9 Å². The summed E-state index contributed by atoms with van der Waals surface area (Å²) >= 11 is 0.